The summed E-state index contributed by atoms with van der Waals surface area (Å²) in [5, 5.41) is 1.82. The fourth-order valence-electron chi connectivity index (χ4n) is 2.22. The Bertz CT molecular complexity index is 935. The van der Waals surface area contributed by atoms with E-state index in [9.17, 15) is 18.0 Å². The Balaban J connectivity index is 2.01. The molecule has 24 heavy (non-hydrogen) atoms. The Morgan fingerprint density at radius 1 is 1.25 bits per heavy atom. The fraction of sp³-hybridized carbons (Fsp3) is 0.125. The molecule has 0 saturated carbocycles. The van der Waals surface area contributed by atoms with Crippen molar-refractivity contribution in [2.75, 3.05) is 5.32 Å². The normalized spacial score (nSPS) is 11.7. The van der Waals surface area contributed by atoms with Crippen LogP contribution in [-0.2, 0) is 4.79 Å². The minimum absolute atomic E-state index is 0.0106. The molecule has 0 saturated heterocycles. The van der Waals surface area contributed by atoms with Crippen LogP contribution in [0.2, 0.25) is 0 Å². The number of amides is 1. The number of anilines is 1. The van der Waals surface area contributed by atoms with E-state index in [2.05, 4.69) is 20.9 Å². The lowest BCUT2D eigenvalue weighted by Gasteiger charge is -2.08. The largest absolute Gasteiger partial charge is 0.471 e. The molecule has 124 valence electrons. The van der Waals surface area contributed by atoms with Crippen molar-refractivity contribution in [3.05, 3.63) is 46.4 Å². The third-order valence-electron chi connectivity index (χ3n) is 3.26. The van der Waals surface area contributed by atoms with Crippen LogP contribution in [-0.4, -0.2) is 17.1 Å². The standard InChI is InChI=1S/C16H10BrF3N2O2/c1-8-5-11(21-15(23)16(18,19)20)7-12-13(8)24-14(22-12)9-3-2-4-10(17)6-9/h2-7H,1H3,(H,21,23). The molecule has 0 unspecified atom stereocenters. The molecule has 1 amide bonds. The van der Waals surface area contributed by atoms with Gasteiger partial charge < -0.3 is 9.73 Å². The van der Waals surface area contributed by atoms with Gasteiger partial charge in [0.1, 0.15) is 5.52 Å². The van der Waals surface area contributed by atoms with Gasteiger partial charge in [0.2, 0.25) is 5.89 Å². The van der Waals surface area contributed by atoms with Crippen molar-refractivity contribution >= 4 is 38.6 Å². The van der Waals surface area contributed by atoms with Gasteiger partial charge in [-0.2, -0.15) is 13.2 Å². The Labute approximate surface area is 142 Å². The summed E-state index contributed by atoms with van der Waals surface area (Å²) in [5.41, 5.74) is 2.12. The van der Waals surface area contributed by atoms with Crippen molar-refractivity contribution in [3.63, 3.8) is 0 Å². The molecule has 1 N–H and O–H groups in total. The summed E-state index contributed by atoms with van der Waals surface area (Å²) in [6.45, 7) is 1.67. The summed E-state index contributed by atoms with van der Waals surface area (Å²) in [6.07, 6.45) is -4.95. The molecule has 3 rings (SSSR count). The van der Waals surface area contributed by atoms with Crippen LogP contribution in [0.3, 0.4) is 0 Å². The smallest absolute Gasteiger partial charge is 0.436 e. The summed E-state index contributed by atoms with van der Waals surface area (Å²) < 4.78 is 43.6. The Morgan fingerprint density at radius 3 is 2.67 bits per heavy atom. The molecule has 8 heteroatoms. The van der Waals surface area contributed by atoms with Gasteiger partial charge in [0, 0.05) is 15.7 Å². The minimum atomic E-state index is -4.95. The van der Waals surface area contributed by atoms with Gasteiger partial charge in [-0.3, -0.25) is 4.79 Å². The monoisotopic (exact) mass is 398 g/mol. The first kappa shape index (κ1) is 16.5. The third-order valence-corrected chi connectivity index (χ3v) is 3.76. The minimum Gasteiger partial charge on any atom is -0.436 e. The van der Waals surface area contributed by atoms with E-state index in [0.717, 1.165) is 10.0 Å². The zero-order valence-corrected chi connectivity index (χ0v) is 13.8. The maximum atomic E-state index is 12.4. The number of carbonyl (C=O) groups is 1. The quantitative estimate of drug-likeness (QED) is 0.655. The molecule has 0 aliphatic carbocycles. The van der Waals surface area contributed by atoms with Gasteiger partial charge in [-0.15, -0.1) is 0 Å². The number of hydrogen-bond acceptors (Lipinski definition) is 3. The van der Waals surface area contributed by atoms with Crippen molar-refractivity contribution in [1.82, 2.24) is 4.98 Å². The van der Waals surface area contributed by atoms with E-state index >= 15 is 0 Å². The van der Waals surface area contributed by atoms with E-state index in [4.69, 9.17) is 4.42 Å². The second-order valence-corrected chi connectivity index (χ2v) is 6.04. The molecular weight excluding hydrogens is 389 g/mol. The van der Waals surface area contributed by atoms with Gasteiger partial charge in [0.15, 0.2) is 5.58 Å². The number of halogens is 4. The highest BCUT2D eigenvalue weighted by Crippen LogP contribution is 2.30. The van der Waals surface area contributed by atoms with Crippen LogP contribution in [0, 0.1) is 6.92 Å². The van der Waals surface area contributed by atoms with Crippen LogP contribution in [0.1, 0.15) is 5.56 Å². The molecular formula is C16H10BrF3N2O2. The summed E-state index contributed by atoms with van der Waals surface area (Å²) >= 11 is 3.35. The van der Waals surface area contributed by atoms with Crippen LogP contribution >= 0.6 is 15.9 Å². The highest BCUT2D eigenvalue weighted by Gasteiger charge is 2.38. The lowest BCUT2D eigenvalue weighted by Crippen LogP contribution is -2.29. The third kappa shape index (κ3) is 3.28. The molecule has 0 fully saturated rings. The van der Waals surface area contributed by atoms with E-state index in [1.54, 1.807) is 13.0 Å². The SMILES string of the molecule is Cc1cc(NC(=O)C(F)(F)F)cc2nc(-c3cccc(Br)c3)oc12. The van der Waals surface area contributed by atoms with Gasteiger partial charge in [0.05, 0.1) is 0 Å². The predicted octanol–water partition coefficient (Wildman–Crippen LogP) is 5.07. The summed E-state index contributed by atoms with van der Waals surface area (Å²) in [4.78, 5) is 15.4. The van der Waals surface area contributed by atoms with Crippen LogP contribution in [0.25, 0.3) is 22.6 Å². The van der Waals surface area contributed by atoms with Gasteiger partial charge in [-0.05, 0) is 42.8 Å². The molecule has 0 bridgehead atoms. The highest BCUT2D eigenvalue weighted by atomic mass is 79.9. The number of oxazole rings is 1. The number of rotatable bonds is 2. The van der Waals surface area contributed by atoms with Crippen molar-refractivity contribution in [2.24, 2.45) is 0 Å². The zero-order chi connectivity index (χ0) is 17.5. The van der Waals surface area contributed by atoms with Crippen LogP contribution in [0.15, 0.2) is 45.3 Å². The van der Waals surface area contributed by atoms with Gasteiger partial charge in [0.25, 0.3) is 0 Å². The van der Waals surface area contributed by atoms with Crippen molar-refractivity contribution < 1.29 is 22.4 Å². The summed E-state index contributed by atoms with van der Waals surface area (Å²) in [5.74, 6) is -1.69. The van der Waals surface area contributed by atoms with Crippen molar-refractivity contribution in [1.29, 1.82) is 0 Å². The fourth-order valence-corrected chi connectivity index (χ4v) is 2.62. The van der Waals surface area contributed by atoms with Crippen LogP contribution in [0.5, 0.6) is 0 Å². The number of benzene rings is 2. The molecule has 0 radical (unpaired) electrons. The molecule has 2 aromatic carbocycles. The number of nitrogens with one attached hydrogen (secondary N) is 1. The molecule has 3 aromatic rings. The van der Waals surface area contributed by atoms with Crippen LogP contribution in [0.4, 0.5) is 18.9 Å². The lowest BCUT2D eigenvalue weighted by molar-refractivity contribution is -0.167. The number of aryl methyl sites for hydroxylation is 1. The van der Waals surface area contributed by atoms with Crippen molar-refractivity contribution in [3.8, 4) is 11.5 Å². The maximum Gasteiger partial charge on any atom is 0.471 e. The maximum absolute atomic E-state index is 12.4. The number of hydrogen-bond donors (Lipinski definition) is 1. The molecule has 0 atom stereocenters. The second-order valence-electron chi connectivity index (χ2n) is 5.12. The Morgan fingerprint density at radius 2 is 2.00 bits per heavy atom. The summed E-state index contributed by atoms with van der Waals surface area (Å²) in [7, 11) is 0. The Hall–Kier alpha value is -2.35. The number of aromatic nitrogens is 1. The molecule has 0 aliphatic rings. The van der Waals surface area contributed by atoms with E-state index in [-0.39, 0.29) is 5.69 Å². The zero-order valence-electron chi connectivity index (χ0n) is 12.2. The number of fused-ring (bicyclic) bond motifs is 1. The van der Waals surface area contributed by atoms with Crippen LogP contribution < -0.4 is 5.32 Å². The van der Waals surface area contributed by atoms with Gasteiger partial charge in [-0.1, -0.05) is 22.0 Å². The average molecular weight is 399 g/mol. The van der Waals surface area contributed by atoms with E-state index in [1.807, 2.05) is 23.5 Å². The number of nitrogens with zero attached hydrogens (tertiary/aromatic N) is 1. The first-order chi connectivity index (χ1) is 11.2. The molecule has 0 spiro atoms. The first-order valence-corrected chi connectivity index (χ1v) is 7.58. The Kier molecular flexibility index (Phi) is 4.08. The lowest BCUT2D eigenvalue weighted by atomic mass is 10.2. The number of carbonyl (C=O) groups excluding carboxylic acids is 1. The van der Waals surface area contributed by atoms with Gasteiger partial charge >= 0.3 is 12.1 Å². The van der Waals surface area contributed by atoms with Crippen molar-refractivity contribution in [2.45, 2.75) is 13.1 Å². The number of alkyl halides is 3. The van der Waals surface area contributed by atoms with E-state index < -0.39 is 12.1 Å². The summed E-state index contributed by atoms with van der Waals surface area (Å²) in [6, 6.07) is 10.0. The molecule has 1 aromatic heterocycles. The predicted molar refractivity (Wildman–Crippen MR) is 86.6 cm³/mol. The highest BCUT2D eigenvalue weighted by molar-refractivity contribution is 9.10. The van der Waals surface area contributed by atoms with E-state index in [0.29, 0.717) is 22.6 Å². The molecule has 1 heterocycles. The van der Waals surface area contributed by atoms with Gasteiger partial charge in [-0.25, -0.2) is 4.98 Å². The van der Waals surface area contributed by atoms with E-state index in [1.165, 1.54) is 12.1 Å². The second kappa shape index (κ2) is 5.94. The first-order valence-electron chi connectivity index (χ1n) is 6.79. The molecule has 4 nitrogen and oxygen atoms in total. The molecule has 0 aliphatic heterocycles. The average Bonchev–Trinajstić information content (AvgIpc) is 2.91. The topological polar surface area (TPSA) is 55.1 Å².